The third-order valence-electron chi connectivity index (χ3n) is 5.98. The van der Waals surface area contributed by atoms with Crippen LogP contribution < -0.4 is 0 Å². The molecule has 0 aliphatic heterocycles. The van der Waals surface area contributed by atoms with Gasteiger partial charge in [-0.3, -0.25) is 0 Å². The van der Waals surface area contributed by atoms with Gasteiger partial charge in [0.15, 0.2) is 5.65 Å². The van der Waals surface area contributed by atoms with Crippen LogP contribution in [0.1, 0.15) is 39.9 Å². The Labute approximate surface area is 200 Å². The van der Waals surface area contributed by atoms with Gasteiger partial charge in [0.05, 0.1) is 24.4 Å². The number of carbonyl (C=O) groups is 1. The predicted octanol–water partition coefficient (Wildman–Crippen LogP) is 5.61. The first-order valence-corrected chi connectivity index (χ1v) is 11.3. The lowest BCUT2D eigenvalue weighted by Crippen LogP contribution is -2.06. The summed E-state index contributed by atoms with van der Waals surface area (Å²) in [5, 5.41) is 20.8. The number of pyridine rings is 1. The second-order valence-electron chi connectivity index (χ2n) is 8.16. The fraction of sp³-hybridized carbons (Fsp3) is 0.192. The molecule has 0 spiro atoms. The van der Waals surface area contributed by atoms with E-state index in [1.54, 1.807) is 24.3 Å². The Kier molecular flexibility index (Phi) is 5.59. The normalized spacial score (nSPS) is 11.5. The van der Waals surface area contributed by atoms with E-state index in [-0.39, 0.29) is 17.4 Å². The van der Waals surface area contributed by atoms with E-state index >= 15 is 0 Å². The number of furan rings is 1. The minimum atomic E-state index is -1.03. The fourth-order valence-electron chi connectivity index (χ4n) is 4.37. The molecule has 0 unspecified atom stereocenters. The molecule has 2 aromatic carbocycles. The van der Waals surface area contributed by atoms with Crippen molar-refractivity contribution >= 4 is 39.5 Å². The van der Waals surface area contributed by atoms with E-state index in [4.69, 9.17) is 21.0 Å². The van der Waals surface area contributed by atoms with Gasteiger partial charge in [-0.2, -0.15) is 0 Å². The van der Waals surface area contributed by atoms with Crippen LogP contribution in [0.3, 0.4) is 0 Å². The van der Waals surface area contributed by atoms with Gasteiger partial charge in [-0.25, -0.2) is 14.8 Å². The Hall–Kier alpha value is -3.68. The van der Waals surface area contributed by atoms with Crippen LogP contribution in [0.2, 0.25) is 5.22 Å². The van der Waals surface area contributed by atoms with Gasteiger partial charge in [-0.15, -0.1) is 0 Å². The lowest BCUT2D eigenvalue weighted by molar-refractivity contribution is 0.0697. The van der Waals surface area contributed by atoms with Gasteiger partial charge in [-0.1, -0.05) is 37.3 Å². The van der Waals surface area contributed by atoms with Crippen LogP contribution in [0.15, 0.2) is 52.9 Å². The maximum Gasteiger partial charge on any atom is 0.336 e. The largest absolute Gasteiger partial charge is 0.478 e. The first kappa shape index (κ1) is 22.1. The number of hydrogen-bond donors (Lipinski definition) is 2. The van der Waals surface area contributed by atoms with E-state index in [0.29, 0.717) is 28.9 Å². The summed E-state index contributed by atoms with van der Waals surface area (Å²) in [5.41, 5.74) is 4.72. The minimum absolute atomic E-state index is 0.138. The molecular formula is C26H22ClN3O4. The lowest BCUT2D eigenvalue weighted by atomic mass is 10.0. The van der Waals surface area contributed by atoms with Crippen molar-refractivity contribution in [1.82, 2.24) is 14.5 Å². The number of aryl methyl sites for hydroxylation is 2. The highest BCUT2D eigenvalue weighted by molar-refractivity contribution is 6.34. The number of aromatic nitrogens is 3. The highest BCUT2D eigenvalue weighted by Gasteiger charge is 2.20. The number of aliphatic hydroxyl groups is 1. The van der Waals surface area contributed by atoms with E-state index in [1.165, 1.54) is 0 Å². The van der Waals surface area contributed by atoms with Crippen molar-refractivity contribution in [2.24, 2.45) is 0 Å². The number of nitrogens with zero attached hydrogens (tertiary/aromatic N) is 3. The van der Waals surface area contributed by atoms with Crippen LogP contribution in [0, 0.1) is 6.92 Å². The molecule has 5 aromatic rings. The number of benzene rings is 2. The van der Waals surface area contributed by atoms with Crippen LogP contribution in [0.4, 0.5) is 0 Å². The summed E-state index contributed by atoms with van der Waals surface area (Å²) < 4.78 is 7.89. The van der Waals surface area contributed by atoms with Gasteiger partial charge in [0.1, 0.15) is 17.1 Å². The van der Waals surface area contributed by atoms with Crippen LogP contribution in [0.25, 0.3) is 33.3 Å². The van der Waals surface area contributed by atoms with E-state index in [1.807, 2.05) is 38.1 Å². The molecule has 0 amide bonds. The molecule has 0 aliphatic rings. The summed E-state index contributed by atoms with van der Waals surface area (Å²) in [4.78, 5) is 21.1. The quantitative estimate of drug-likeness (QED) is 0.331. The predicted molar refractivity (Wildman–Crippen MR) is 130 cm³/mol. The molecule has 0 bridgehead atoms. The van der Waals surface area contributed by atoms with Crippen molar-refractivity contribution in [2.75, 3.05) is 0 Å². The zero-order chi connectivity index (χ0) is 24.0. The Bertz CT molecular complexity index is 1570. The van der Waals surface area contributed by atoms with Crippen LogP contribution in [-0.2, 0) is 19.6 Å². The Morgan fingerprint density at radius 3 is 2.65 bits per heavy atom. The highest BCUT2D eigenvalue weighted by Crippen LogP contribution is 2.38. The number of imidazole rings is 1. The second kappa shape index (κ2) is 8.59. The van der Waals surface area contributed by atoms with Crippen molar-refractivity contribution in [3.8, 4) is 11.3 Å². The van der Waals surface area contributed by atoms with Gasteiger partial charge >= 0.3 is 5.97 Å². The number of halogens is 1. The Balaban J connectivity index is 1.61. The molecule has 3 aromatic heterocycles. The molecule has 3 heterocycles. The number of fused-ring (bicyclic) bond motifs is 2. The lowest BCUT2D eigenvalue weighted by Gasteiger charge is -2.09. The standard InChI is InChI=1S/C26H22ClN3O4/c1-3-21-29-22-14(2)10-16(13-31)28-25(22)30(21)12-15-8-9-18-20(11-15)24(27)34-23(18)17-6-4-5-7-19(17)26(32)33/h4-11,31H,3,12-13H2,1-2H3,(H,32,33). The van der Waals surface area contributed by atoms with Gasteiger partial charge in [0.25, 0.3) is 0 Å². The number of aliphatic hydroxyl groups excluding tert-OH is 1. The average Bonchev–Trinajstić information content (AvgIpc) is 3.36. The third kappa shape index (κ3) is 3.63. The van der Waals surface area contributed by atoms with Crippen molar-refractivity contribution in [3.05, 3.63) is 82.0 Å². The van der Waals surface area contributed by atoms with Crippen molar-refractivity contribution in [1.29, 1.82) is 0 Å². The molecule has 0 fully saturated rings. The molecule has 7 nitrogen and oxygen atoms in total. The van der Waals surface area contributed by atoms with Gasteiger partial charge < -0.3 is 19.2 Å². The summed E-state index contributed by atoms with van der Waals surface area (Å²) in [7, 11) is 0. The molecule has 34 heavy (non-hydrogen) atoms. The van der Waals surface area contributed by atoms with E-state index in [2.05, 4.69) is 9.55 Å². The smallest absolute Gasteiger partial charge is 0.336 e. The third-order valence-corrected chi connectivity index (χ3v) is 6.26. The highest BCUT2D eigenvalue weighted by atomic mass is 35.5. The number of aromatic carboxylic acids is 1. The Morgan fingerprint density at radius 2 is 1.91 bits per heavy atom. The zero-order valence-corrected chi connectivity index (χ0v) is 19.4. The molecule has 0 atom stereocenters. The summed E-state index contributed by atoms with van der Waals surface area (Å²) >= 11 is 6.45. The summed E-state index contributed by atoms with van der Waals surface area (Å²) in [6.45, 7) is 4.39. The topological polar surface area (TPSA) is 101 Å². The number of rotatable bonds is 6. The first-order chi connectivity index (χ1) is 16.4. The molecule has 0 saturated carbocycles. The molecule has 172 valence electrons. The molecule has 0 radical (unpaired) electrons. The molecular weight excluding hydrogens is 454 g/mol. The van der Waals surface area contributed by atoms with Crippen LogP contribution in [0.5, 0.6) is 0 Å². The van der Waals surface area contributed by atoms with Crippen LogP contribution >= 0.6 is 11.6 Å². The molecule has 0 aliphatic carbocycles. The summed E-state index contributed by atoms with van der Waals surface area (Å²) in [5.74, 6) is 0.295. The number of carboxylic acid groups (broad SMARTS) is 1. The molecule has 0 saturated heterocycles. The summed E-state index contributed by atoms with van der Waals surface area (Å²) in [6, 6.07) is 14.4. The fourth-order valence-corrected chi connectivity index (χ4v) is 4.60. The monoisotopic (exact) mass is 475 g/mol. The van der Waals surface area contributed by atoms with E-state index in [9.17, 15) is 15.0 Å². The van der Waals surface area contributed by atoms with Gasteiger partial charge in [0, 0.05) is 22.8 Å². The minimum Gasteiger partial charge on any atom is -0.478 e. The molecule has 5 rings (SSSR count). The SMILES string of the molecule is CCc1nc2c(C)cc(CO)nc2n1Cc1ccc2c(-c3ccccc3C(=O)O)oc(Cl)c2c1. The van der Waals surface area contributed by atoms with E-state index < -0.39 is 5.97 Å². The molecule has 8 heteroatoms. The van der Waals surface area contributed by atoms with Crippen molar-refractivity contribution < 1.29 is 19.4 Å². The summed E-state index contributed by atoms with van der Waals surface area (Å²) in [6.07, 6.45) is 0.731. The second-order valence-corrected chi connectivity index (χ2v) is 8.51. The molecule has 2 N–H and O–H groups in total. The van der Waals surface area contributed by atoms with Crippen molar-refractivity contribution in [2.45, 2.75) is 33.4 Å². The maximum absolute atomic E-state index is 11.7. The van der Waals surface area contributed by atoms with Crippen LogP contribution in [-0.4, -0.2) is 30.7 Å². The average molecular weight is 476 g/mol. The van der Waals surface area contributed by atoms with Gasteiger partial charge in [0.2, 0.25) is 5.22 Å². The van der Waals surface area contributed by atoms with Crippen molar-refractivity contribution in [3.63, 3.8) is 0 Å². The zero-order valence-electron chi connectivity index (χ0n) is 18.7. The Morgan fingerprint density at radius 1 is 1.12 bits per heavy atom. The first-order valence-electron chi connectivity index (χ1n) is 10.9. The van der Waals surface area contributed by atoms with Gasteiger partial charge in [-0.05, 0) is 47.9 Å². The number of carboxylic acids is 1. The maximum atomic E-state index is 11.7. The number of hydrogen-bond acceptors (Lipinski definition) is 5. The van der Waals surface area contributed by atoms with E-state index in [0.717, 1.165) is 39.9 Å².